The Bertz CT molecular complexity index is 3340. The molecule has 0 aliphatic heterocycles. The molecule has 3 nitrogen and oxygen atoms in total. The van der Waals surface area contributed by atoms with Crippen LogP contribution in [0.3, 0.4) is 0 Å². The molecule has 0 saturated heterocycles. The van der Waals surface area contributed by atoms with Gasteiger partial charge in [-0.25, -0.2) is 0 Å². The molecule has 11 aromatic rings. The highest BCUT2D eigenvalue weighted by atomic mass is 16.3. The second kappa shape index (κ2) is 13.0. The molecule has 0 unspecified atom stereocenters. The Balaban J connectivity index is 0.966. The van der Waals surface area contributed by atoms with Gasteiger partial charge in [0.15, 0.2) is 0 Å². The van der Waals surface area contributed by atoms with E-state index in [-0.39, 0.29) is 5.41 Å². The monoisotopic (exact) mass is 754 g/mol. The van der Waals surface area contributed by atoms with Gasteiger partial charge in [0.05, 0.1) is 11.0 Å². The van der Waals surface area contributed by atoms with E-state index in [0.717, 1.165) is 44.7 Å². The van der Waals surface area contributed by atoms with Crippen LogP contribution in [-0.2, 0) is 5.41 Å². The largest absolute Gasteiger partial charge is 0.456 e. The molecule has 0 fully saturated rings. The SMILES string of the molecule is CC1(c2ccc(N(c3ccc(-c4ccc5c(c4)c4ccccc4n5-c4ccccc4)cc3)c3ccc4c(c3)oc3ccccc34)cc2)c2ccccc2-c2ccccc21. The maximum Gasteiger partial charge on any atom is 0.137 e. The molecule has 0 saturated carbocycles. The number of anilines is 3. The van der Waals surface area contributed by atoms with Crippen molar-refractivity contribution in [3.05, 3.63) is 229 Å². The average Bonchev–Trinajstić information content (AvgIpc) is 3.93. The third-order valence-electron chi connectivity index (χ3n) is 12.7. The summed E-state index contributed by atoms with van der Waals surface area (Å²) < 4.78 is 8.79. The van der Waals surface area contributed by atoms with Crippen molar-refractivity contribution >= 4 is 60.8 Å². The van der Waals surface area contributed by atoms with Gasteiger partial charge in [-0.3, -0.25) is 0 Å². The van der Waals surface area contributed by atoms with Crippen LogP contribution < -0.4 is 4.90 Å². The van der Waals surface area contributed by atoms with Crippen molar-refractivity contribution in [2.24, 2.45) is 0 Å². The number of nitrogens with zero attached hydrogens (tertiary/aromatic N) is 2. The summed E-state index contributed by atoms with van der Waals surface area (Å²) in [5.41, 5.74) is 17.2. The predicted molar refractivity (Wildman–Crippen MR) is 246 cm³/mol. The lowest BCUT2D eigenvalue weighted by Gasteiger charge is -2.30. The van der Waals surface area contributed by atoms with E-state index in [1.54, 1.807) is 0 Å². The minimum Gasteiger partial charge on any atom is -0.456 e. The molecule has 0 N–H and O–H groups in total. The lowest BCUT2D eigenvalue weighted by Crippen LogP contribution is -2.22. The molecule has 59 heavy (non-hydrogen) atoms. The zero-order valence-electron chi connectivity index (χ0n) is 32.5. The predicted octanol–water partition coefficient (Wildman–Crippen LogP) is 15.2. The number of aromatic nitrogens is 1. The molecule has 2 aromatic heterocycles. The van der Waals surface area contributed by atoms with Gasteiger partial charge in [-0.05, 0) is 119 Å². The van der Waals surface area contributed by atoms with Gasteiger partial charge < -0.3 is 13.9 Å². The Kier molecular flexibility index (Phi) is 7.36. The van der Waals surface area contributed by atoms with Gasteiger partial charge in [-0.15, -0.1) is 0 Å². The van der Waals surface area contributed by atoms with E-state index in [1.165, 1.54) is 60.8 Å². The molecule has 2 heterocycles. The third-order valence-corrected chi connectivity index (χ3v) is 12.7. The number of rotatable bonds is 6. The highest BCUT2D eigenvalue weighted by Gasteiger charge is 2.40. The first-order chi connectivity index (χ1) is 29.1. The highest BCUT2D eigenvalue weighted by Crippen LogP contribution is 2.52. The molecule has 1 aliphatic carbocycles. The first kappa shape index (κ1) is 33.5. The van der Waals surface area contributed by atoms with Crippen LogP contribution in [0, 0.1) is 0 Å². The van der Waals surface area contributed by atoms with Gasteiger partial charge in [0.2, 0.25) is 0 Å². The van der Waals surface area contributed by atoms with E-state index in [2.05, 4.69) is 217 Å². The number of hydrogen-bond donors (Lipinski definition) is 0. The van der Waals surface area contributed by atoms with Gasteiger partial charge in [-0.1, -0.05) is 133 Å². The minimum absolute atomic E-state index is 0.264. The fraction of sp³-hybridized carbons (Fsp3) is 0.0357. The molecular formula is C56H38N2O. The van der Waals surface area contributed by atoms with E-state index in [1.807, 2.05) is 12.1 Å². The quantitative estimate of drug-likeness (QED) is 0.169. The van der Waals surface area contributed by atoms with Crippen LogP contribution >= 0.6 is 0 Å². The lowest BCUT2D eigenvalue weighted by atomic mass is 9.74. The molecule has 9 aromatic carbocycles. The number of para-hydroxylation sites is 3. The summed E-state index contributed by atoms with van der Waals surface area (Å²) in [7, 11) is 0. The van der Waals surface area contributed by atoms with E-state index in [9.17, 15) is 0 Å². The van der Waals surface area contributed by atoms with Crippen LogP contribution in [-0.4, -0.2) is 4.57 Å². The molecule has 3 heteroatoms. The Hall–Kier alpha value is -7.62. The fourth-order valence-electron chi connectivity index (χ4n) is 9.82. The zero-order chi connectivity index (χ0) is 39.1. The Morgan fingerprint density at radius 3 is 1.71 bits per heavy atom. The highest BCUT2D eigenvalue weighted by molar-refractivity contribution is 6.10. The average molecular weight is 755 g/mol. The fourth-order valence-corrected chi connectivity index (χ4v) is 9.82. The van der Waals surface area contributed by atoms with E-state index in [4.69, 9.17) is 4.42 Å². The van der Waals surface area contributed by atoms with Crippen molar-refractivity contribution in [2.75, 3.05) is 4.90 Å². The van der Waals surface area contributed by atoms with Crippen LogP contribution in [0.25, 0.3) is 71.7 Å². The smallest absolute Gasteiger partial charge is 0.137 e. The van der Waals surface area contributed by atoms with Crippen molar-refractivity contribution in [1.82, 2.24) is 4.57 Å². The third kappa shape index (κ3) is 5.08. The summed E-state index contributed by atoms with van der Waals surface area (Å²) in [6, 6.07) is 77.0. The van der Waals surface area contributed by atoms with Gasteiger partial charge in [0.1, 0.15) is 11.2 Å². The molecule has 1 aliphatic rings. The topological polar surface area (TPSA) is 21.3 Å². The van der Waals surface area contributed by atoms with Crippen molar-refractivity contribution in [3.8, 4) is 27.9 Å². The zero-order valence-corrected chi connectivity index (χ0v) is 32.5. The molecule has 0 atom stereocenters. The van der Waals surface area contributed by atoms with E-state index < -0.39 is 0 Å². The molecule has 278 valence electrons. The van der Waals surface area contributed by atoms with Gasteiger partial charge in [-0.2, -0.15) is 0 Å². The molecule has 12 rings (SSSR count). The second-order valence-electron chi connectivity index (χ2n) is 15.8. The molecule has 0 spiro atoms. The summed E-state index contributed by atoms with van der Waals surface area (Å²) in [4.78, 5) is 2.34. The van der Waals surface area contributed by atoms with Crippen LogP contribution in [0.5, 0.6) is 0 Å². The minimum atomic E-state index is -0.264. The van der Waals surface area contributed by atoms with Crippen molar-refractivity contribution < 1.29 is 4.42 Å². The summed E-state index contributed by atoms with van der Waals surface area (Å²) in [6.45, 7) is 2.37. The molecule has 0 amide bonds. The Morgan fingerprint density at radius 2 is 0.966 bits per heavy atom. The van der Waals surface area contributed by atoms with Gasteiger partial charge in [0, 0.05) is 55.8 Å². The summed E-state index contributed by atoms with van der Waals surface area (Å²) in [6.07, 6.45) is 0. The van der Waals surface area contributed by atoms with Crippen LogP contribution in [0.15, 0.2) is 217 Å². The summed E-state index contributed by atoms with van der Waals surface area (Å²) >= 11 is 0. The Morgan fingerprint density at radius 1 is 0.407 bits per heavy atom. The maximum absolute atomic E-state index is 6.43. The van der Waals surface area contributed by atoms with Gasteiger partial charge in [0.25, 0.3) is 0 Å². The lowest BCUT2D eigenvalue weighted by molar-refractivity contribution is 0.669. The summed E-state index contributed by atoms with van der Waals surface area (Å²) in [5.74, 6) is 0. The first-order valence-electron chi connectivity index (χ1n) is 20.3. The van der Waals surface area contributed by atoms with Crippen LogP contribution in [0.2, 0.25) is 0 Å². The standard InChI is InChI=1S/C56H38N2O/c1-56(50-19-9-5-15-44(50)45-16-6-10-20-51(45)56)39-26-30-42(31-27-39)57(43-32-33-48-47-18-8-12-22-54(47)59-55(48)36-43)41-28-23-37(24-29-41)38-25-34-53-49(35-38)46-17-7-11-21-52(46)58(53)40-13-3-2-4-14-40/h2-36H,1H3. The van der Waals surface area contributed by atoms with Crippen LogP contribution in [0.4, 0.5) is 17.1 Å². The first-order valence-corrected chi connectivity index (χ1v) is 20.3. The molecule has 0 bridgehead atoms. The van der Waals surface area contributed by atoms with E-state index >= 15 is 0 Å². The number of furan rings is 1. The molecule has 0 radical (unpaired) electrons. The van der Waals surface area contributed by atoms with Crippen molar-refractivity contribution in [2.45, 2.75) is 12.3 Å². The second-order valence-corrected chi connectivity index (χ2v) is 15.8. The number of benzene rings is 9. The van der Waals surface area contributed by atoms with Crippen molar-refractivity contribution in [1.29, 1.82) is 0 Å². The Labute approximate surface area is 342 Å². The van der Waals surface area contributed by atoms with Gasteiger partial charge >= 0.3 is 0 Å². The number of hydrogen-bond acceptors (Lipinski definition) is 2. The maximum atomic E-state index is 6.43. The van der Waals surface area contributed by atoms with E-state index in [0.29, 0.717) is 0 Å². The number of fused-ring (bicyclic) bond motifs is 9. The van der Waals surface area contributed by atoms with Crippen LogP contribution in [0.1, 0.15) is 23.6 Å². The molecular weight excluding hydrogens is 717 g/mol. The normalized spacial score (nSPS) is 13.0. The summed E-state index contributed by atoms with van der Waals surface area (Å²) in [5, 5.41) is 4.74. The van der Waals surface area contributed by atoms with Crippen molar-refractivity contribution in [3.63, 3.8) is 0 Å².